The minimum atomic E-state index is -3.75. The summed E-state index contributed by atoms with van der Waals surface area (Å²) >= 11 is 0. The third-order valence-corrected chi connectivity index (χ3v) is 2.91. The summed E-state index contributed by atoms with van der Waals surface area (Å²) in [6.07, 6.45) is 0. The van der Waals surface area contributed by atoms with Crippen molar-refractivity contribution < 1.29 is 16.8 Å². The molecule has 0 fully saturated rings. The molecule has 0 amide bonds. The standard InChI is InChI=1S/C4H6Cl2O4S2/c1-4(2-11(5,7)8)3-12(6,9)10/h1-3H2. The van der Waals surface area contributed by atoms with Crippen LogP contribution < -0.4 is 0 Å². The van der Waals surface area contributed by atoms with Crippen LogP contribution in [-0.4, -0.2) is 28.3 Å². The third-order valence-electron chi connectivity index (χ3n) is 0.753. The van der Waals surface area contributed by atoms with Gasteiger partial charge in [-0.05, 0) is 5.57 Å². The molecule has 0 aromatic rings. The second-order valence-corrected chi connectivity index (χ2v) is 7.67. The summed E-state index contributed by atoms with van der Waals surface area (Å²) in [5.74, 6) is -1.17. The molecule has 12 heavy (non-hydrogen) atoms. The Labute approximate surface area is 80.0 Å². The molecule has 0 atom stereocenters. The van der Waals surface area contributed by atoms with Gasteiger partial charge in [0.05, 0.1) is 11.5 Å². The lowest BCUT2D eigenvalue weighted by Gasteiger charge is -1.98. The molecule has 0 radical (unpaired) electrons. The maximum absolute atomic E-state index is 10.4. The van der Waals surface area contributed by atoms with E-state index in [-0.39, 0.29) is 5.57 Å². The van der Waals surface area contributed by atoms with E-state index in [0.29, 0.717) is 0 Å². The van der Waals surface area contributed by atoms with Crippen molar-refractivity contribution in [3.63, 3.8) is 0 Å². The molecule has 0 N–H and O–H groups in total. The van der Waals surface area contributed by atoms with Gasteiger partial charge in [-0.1, -0.05) is 6.58 Å². The van der Waals surface area contributed by atoms with E-state index < -0.39 is 29.6 Å². The molecule has 8 heteroatoms. The van der Waals surface area contributed by atoms with Crippen molar-refractivity contribution in [3.8, 4) is 0 Å². The van der Waals surface area contributed by atoms with E-state index in [0.717, 1.165) is 0 Å². The number of hydrogen-bond donors (Lipinski definition) is 0. The van der Waals surface area contributed by atoms with Crippen molar-refractivity contribution in [2.45, 2.75) is 0 Å². The maximum Gasteiger partial charge on any atom is 0.236 e. The van der Waals surface area contributed by atoms with Gasteiger partial charge < -0.3 is 0 Å². The summed E-state index contributed by atoms with van der Waals surface area (Å²) in [6, 6.07) is 0. The van der Waals surface area contributed by atoms with Crippen LogP contribution in [0.15, 0.2) is 12.2 Å². The molecule has 0 saturated carbocycles. The fourth-order valence-electron chi connectivity index (χ4n) is 0.529. The van der Waals surface area contributed by atoms with Crippen molar-refractivity contribution in [2.75, 3.05) is 11.5 Å². The predicted octanol–water partition coefficient (Wildman–Crippen LogP) is 0.680. The highest BCUT2D eigenvalue weighted by atomic mass is 35.7. The zero-order valence-electron chi connectivity index (χ0n) is 5.83. The van der Waals surface area contributed by atoms with Gasteiger partial charge >= 0.3 is 0 Å². The van der Waals surface area contributed by atoms with Crippen LogP contribution in [0, 0.1) is 0 Å². The summed E-state index contributed by atoms with van der Waals surface area (Å²) in [6.45, 7) is 3.20. The maximum atomic E-state index is 10.4. The highest BCUT2D eigenvalue weighted by Crippen LogP contribution is 2.08. The first kappa shape index (κ1) is 12.2. The van der Waals surface area contributed by atoms with Crippen LogP contribution in [0.3, 0.4) is 0 Å². The van der Waals surface area contributed by atoms with Crippen molar-refractivity contribution in [2.24, 2.45) is 0 Å². The van der Waals surface area contributed by atoms with Crippen LogP contribution >= 0.6 is 21.4 Å². The number of rotatable bonds is 4. The molecule has 0 aliphatic heterocycles. The van der Waals surface area contributed by atoms with Crippen LogP contribution in [-0.2, 0) is 18.1 Å². The molecule has 72 valence electrons. The molecular formula is C4H6Cl2O4S2. The Balaban J connectivity index is 4.30. The Morgan fingerprint density at radius 3 is 1.42 bits per heavy atom. The first-order chi connectivity index (χ1) is 5.10. The summed E-state index contributed by atoms with van der Waals surface area (Å²) < 4.78 is 41.6. The highest BCUT2D eigenvalue weighted by molar-refractivity contribution is 8.14. The first-order valence-electron chi connectivity index (χ1n) is 2.61. The molecule has 0 spiro atoms. The average Bonchev–Trinajstić information content (AvgIpc) is 1.49. The van der Waals surface area contributed by atoms with E-state index in [2.05, 4.69) is 6.58 Å². The minimum Gasteiger partial charge on any atom is -0.212 e. The Kier molecular flexibility index (Phi) is 4.02. The topological polar surface area (TPSA) is 68.3 Å². The number of halogens is 2. The first-order valence-corrected chi connectivity index (χ1v) is 7.57. The van der Waals surface area contributed by atoms with Crippen LogP contribution in [0.4, 0.5) is 0 Å². The fourth-order valence-corrected chi connectivity index (χ4v) is 2.76. The molecule has 0 aliphatic carbocycles. The normalized spacial score (nSPS) is 12.8. The Morgan fingerprint density at radius 2 is 1.25 bits per heavy atom. The molecule has 0 aromatic carbocycles. The van der Waals surface area contributed by atoms with Crippen LogP contribution in [0.5, 0.6) is 0 Å². The van der Waals surface area contributed by atoms with Crippen molar-refractivity contribution >= 4 is 39.5 Å². The van der Waals surface area contributed by atoms with Gasteiger partial charge in [0.1, 0.15) is 0 Å². The van der Waals surface area contributed by atoms with Crippen LogP contribution in [0.25, 0.3) is 0 Å². The Hall–Kier alpha value is 0.220. The second-order valence-electron chi connectivity index (χ2n) is 2.12. The highest BCUT2D eigenvalue weighted by Gasteiger charge is 2.13. The van der Waals surface area contributed by atoms with E-state index in [4.69, 9.17) is 21.4 Å². The SMILES string of the molecule is C=C(CS(=O)(=O)Cl)CS(=O)(=O)Cl. The Morgan fingerprint density at radius 1 is 1.00 bits per heavy atom. The van der Waals surface area contributed by atoms with Gasteiger partial charge in [-0.15, -0.1) is 0 Å². The van der Waals surface area contributed by atoms with Gasteiger partial charge in [0.25, 0.3) is 0 Å². The van der Waals surface area contributed by atoms with E-state index in [1.165, 1.54) is 0 Å². The molecule has 4 nitrogen and oxygen atoms in total. The third kappa shape index (κ3) is 8.32. The molecule has 0 unspecified atom stereocenters. The van der Waals surface area contributed by atoms with Crippen LogP contribution in [0.2, 0.25) is 0 Å². The predicted molar refractivity (Wildman–Crippen MR) is 48.4 cm³/mol. The monoisotopic (exact) mass is 252 g/mol. The largest absolute Gasteiger partial charge is 0.236 e. The van der Waals surface area contributed by atoms with Gasteiger partial charge in [0.2, 0.25) is 18.1 Å². The van der Waals surface area contributed by atoms with Gasteiger partial charge in [0.15, 0.2) is 0 Å². The van der Waals surface area contributed by atoms with E-state index in [1.807, 2.05) is 0 Å². The van der Waals surface area contributed by atoms with Crippen molar-refractivity contribution in [3.05, 3.63) is 12.2 Å². The smallest absolute Gasteiger partial charge is 0.212 e. The summed E-state index contributed by atoms with van der Waals surface area (Å²) in [5, 5.41) is 0. The lowest BCUT2D eigenvalue weighted by Crippen LogP contribution is -2.08. The average molecular weight is 253 g/mol. The van der Waals surface area contributed by atoms with Gasteiger partial charge in [-0.2, -0.15) is 0 Å². The van der Waals surface area contributed by atoms with E-state index >= 15 is 0 Å². The molecule has 0 saturated heterocycles. The summed E-state index contributed by atoms with van der Waals surface area (Å²) in [7, 11) is 2.17. The molecule has 0 aliphatic rings. The molecule has 0 aromatic heterocycles. The summed E-state index contributed by atoms with van der Waals surface area (Å²) in [5.41, 5.74) is -0.0556. The lowest BCUT2D eigenvalue weighted by molar-refractivity contribution is 0.610. The molecular weight excluding hydrogens is 247 g/mol. The zero-order chi connectivity index (χ0) is 9.99. The van der Waals surface area contributed by atoms with Crippen molar-refractivity contribution in [1.29, 1.82) is 0 Å². The van der Waals surface area contributed by atoms with Gasteiger partial charge in [-0.25, -0.2) is 16.8 Å². The van der Waals surface area contributed by atoms with Gasteiger partial charge in [-0.3, -0.25) is 0 Å². The minimum absolute atomic E-state index is 0.0556. The molecule has 0 heterocycles. The quantitative estimate of drug-likeness (QED) is 0.545. The van der Waals surface area contributed by atoms with E-state index in [9.17, 15) is 16.8 Å². The zero-order valence-corrected chi connectivity index (χ0v) is 8.97. The fraction of sp³-hybridized carbons (Fsp3) is 0.500. The van der Waals surface area contributed by atoms with E-state index in [1.54, 1.807) is 0 Å². The second kappa shape index (κ2) is 3.95. The van der Waals surface area contributed by atoms with Crippen LogP contribution in [0.1, 0.15) is 0 Å². The number of hydrogen-bond acceptors (Lipinski definition) is 4. The summed E-state index contributed by atoms with van der Waals surface area (Å²) in [4.78, 5) is 0. The molecule has 0 bridgehead atoms. The molecule has 0 rings (SSSR count). The van der Waals surface area contributed by atoms with Gasteiger partial charge in [0, 0.05) is 21.4 Å². The van der Waals surface area contributed by atoms with Crippen molar-refractivity contribution in [1.82, 2.24) is 0 Å². The lowest BCUT2D eigenvalue weighted by atomic mass is 10.4. The Bertz CT molecular complexity index is 330.